The van der Waals surface area contributed by atoms with E-state index in [-0.39, 0.29) is 11.9 Å². The van der Waals surface area contributed by atoms with E-state index in [4.69, 9.17) is 0 Å². The number of rotatable bonds is 8. The molecular weight excluding hydrogens is 386 g/mol. The molecule has 1 aromatic heterocycles. The smallest absolute Gasteiger partial charge is 0.254 e. The molecule has 0 saturated heterocycles. The van der Waals surface area contributed by atoms with Crippen molar-refractivity contribution in [3.8, 4) is 0 Å². The van der Waals surface area contributed by atoms with E-state index in [0.717, 1.165) is 42.6 Å². The molecule has 0 fully saturated rings. The third kappa shape index (κ3) is 5.01. The maximum atomic E-state index is 13.0. The average Bonchev–Trinajstić information content (AvgIpc) is 3.26. The van der Waals surface area contributed by atoms with Gasteiger partial charge in [-0.25, -0.2) is 0 Å². The summed E-state index contributed by atoms with van der Waals surface area (Å²) < 4.78 is 0. The highest BCUT2D eigenvalue weighted by atomic mass is 16.3. The number of nitrogens with one attached hydrogen (secondary N) is 1. The van der Waals surface area contributed by atoms with Crippen molar-refractivity contribution >= 4 is 5.91 Å². The molecule has 160 valence electrons. The Bertz CT molecular complexity index is 1000. The Morgan fingerprint density at radius 3 is 2.68 bits per heavy atom. The van der Waals surface area contributed by atoms with Gasteiger partial charge in [0.2, 0.25) is 0 Å². The third-order valence-corrected chi connectivity index (χ3v) is 6.04. The lowest BCUT2D eigenvalue weighted by atomic mass is 10.1. The summed E-state index contributed by atoms with van der Waals surface area (Å²) >= 11 is 0. The zero-order valence-corrected chi connectivity index (χ0v) is 17.9. The highest BCUT2D eigenvalue weighted by molar-refractivity contribution is 5.94. The molecule has 0 bridgehead atoms. The van der Waals surface area contributed by atoms with Gasteiger partial charge in [-0.2, -0.15) is 0 Å². The number of carbonyl (C=O) groups excluding carboxylic acids is 1. The predicted molar refractivity (Wildman–Crippen MR) is 122 cm³/mol. The number of fused-ring (bicyclic) bond motifs is 1. The molecule has 0 aliphatic heterocycles. The maximum absolute atomic E-state index is 13.0. The average molecular weight is 416 g/mol. The lowest BCUT2D eigenvalue weighted by molar-refractivity contribution is 0.0730. The summed E-state index contributed by atoms with van der Waals surface area (Å²) in [6.07, 6.45) is 4.00. The summed E-state index contributed by atoms with van der Waals surface area (Å²) in [6, 6.07) is 21.6. The number of nitrogens with zero attached hydrogens (tertiary/aromatic N) is 2. The van der Waals surface area contributed by atoms with Crippen LogP contribution in [0.4, 0.5) is 0 Å². The number of hydrogen-bond donors (Lipinski definition) is 2. The van der Waals surface area contributed by atoms with Crippen LogP contribution in [0.2, 0.25) is 0 Å². The quantitative estimate of drug-likeness (QED) is 0.551. The van der Waals surface area contributed by atoms with Crippen molar-refractivity contribution in [2.75, 3.05) is 20.1 Å². The molecule has 1 aliphatic carbocycles. The van der Waals surface area contributed by atoms with E-state index >= 15 is 0 Å². The second kappa shape index (κ2) is 9.86. The van der Waals surface area contributed by atoms with Crippen molar-refractivity contribution in [3.63, 3.8) is 0 Å². The molecule has 2 atom stereocenters. The van der Waals surface area contributed by atoms with Gasteiger partial charge in [-0.3, -0.25) is 9.78 Å². The largest absolute Gasteiger partial charge is 0.387 e. The zero-order chi connectivity index (χ0) is 21.6. The van der Waals surface area contributed by atoms with Crippen molar-refractivity contribution in [2.45, 2.75) is 31.4 Å². The molecule has 1 unspecified atom stereocenters. The van der Waals surface area contributed by atoms with Crippen LogP contribution in [-0.2, 0) is 12.8 Å². The minimum Gasteiger partial charge on any atom is -0.387 e. The number of hydrogen-bond acceptors (Lipinski definition) is 4. The molecule has 2 aromatic carbocycles. The van der Waals surface area contributed by atoms with E-state index in [1.165, 1.54) is 5.56 Å². The topological polar surface area (TPSA) is 65.5 Å². The van der Waals surface area contributed by atoms with Crippen molar-refractivity contribution in [3.05, 3.63) is 101 Å². The first kappa shape index (κ1) is 21.2. The molecule has 0 radical (unpaired) electrons. The van der Waals surface area contributed by atoms with Gasteiger partial charge in [-0.1, -0.05) is 48.5 Å². The van der Waals surface area contributed by atoms with Gasteiger partial charge in [0, 0.05) is 31.0 Å². The van der Waals surface area contributed by atoms with E-state index in [1.54, 1.807) is 0 Å². The first-order valence-corrected chi connectivity index (χ1v) is 10.9. The van der Waals surface area contributed by atoms with E-state index in [9.17, 15) is 9.90 Å². The number of carbonyl (C=O) groups is 1. The molecule has 0 spiro atoms. The maximum Gasteiger partial charge on any atom is 0.254 e. The van der Waals surface area contributed by atoms with Crippen molar-refractivity contribution in [1.29, 1.82) is 0 Å². The predicted octanol–water partition coefficient (Wildman–Crippen LogP) is 3.71. The molecule has 5 nitrogen and oxygen atoms in total. The summed E-state index contributed by atoms with van der Waals surface area (Å²) in [5, 5.41) is 13.5. The Balaban J connectivity index is 1.27. The number of benzene rings is 2. The van der Waals surface area contributed by atoms with Crippen LogP contribution < -0.4 is 5.32 Å². The van der Waals surface area contributed by atoms with Gasteiger partial charge in [0.05, 0.1) is 12.1 Å². The molecule has 5 heteroatoms. The summed E-state index contributed by atoms with van der Waals surface area (Å²) in [6.45, 7) is 1.28. The Labute approximate surface area is 183 Å². The first-order chi connectivity index (χ1) is 15.1. The molecule has 1 heterocycles. The molecule has 0 saturated carbocycles. The lowest BCUT2D eigenvalue weighted by Crippen LogP contribution is -2.30. The Morgan fingerprint density at radius 1 is 1.13 bits per heavy atom. The van der Waals surface area contributed by atoms with Gasteiger partial charge >= 0.3 is 0 Å². The van der Waals surface area contributed by atoms with Gasteiger partial charge < -0.3 is 15.3 Å². The first-order valence-electron chi connectivity index (χ1n) is 10.9. The minimum absolute atomic E-state index is 0.0392. The SMILES string of the molecule is CN(C(=O)c1ccc(CCNC[C@H](O)c2ccccc2)cc1)C1CCc2ncccc21. The Morgan fingerprint density at radius 2 is 1.90 bits per heavy atom. The van der Waals surface area contributed by atoms with Crippen LogP contribution in [-0.4, -0.2) is 41.0 Å². The summed E-state index contributed by atoms with van der Waals surface area (Å²) in [5.41, 5.74) is 5.06. The molecule has 2 N–H and O–H groups in total. The number of aliphatic hydroxyl groups excluding tert-OH is 1. The fraction of sp³-hybridized carbons (Fsp3) is 0.308. The molecule has 31 heavy (non-hydrogen) atoms. The number of aryl methyl sites for hydroxylation is 1. The Hall–Kier alpha value is -3.02. The van der Waals surface area contributed by atoms with E-state index < -0.39 is 6.10 Å². The monoisotopic (exact) mass is 415 g/mol. The fourth-order valence-corrected chi connectivity index (χ4v) is 4.22. The van der Waals surface area contributed by atoms with E-state index in [0.29, 0.717) is 12.1 Å². The van der Waals surface area contributed by atoms with Gasteiger partial charge in [0.25, 0.3) is 5.91 Å². The normalized spacial score (nSPS) is 16.0. The second-order valence-corrected chi connectivity index (χ2v) is 8.09. The number of aliphatic hydroxyl groups is 1. The number of aromatic nitrogens is 1. The van der Waals surface area contributed by atoms with Crippen LogP contribution in [0.3, 0.4) is 0 Å². The molecular formula is C26H29N3O2. The van der Waals surface area contributed by atoms with Crippen LogP contribution in [0.25, 0.3) is 0 Å². The standard InChI is InChI=1S/C26H29N3O2/c1-29(24-14-13-23-22(24)8-5-16-28-23)26(31)21-11-9-19(10-12-21)15-17-27-18-25(30)20-6-3-2-4-7-20/h2-12,16,24-25,27,30H,13-15,17-18H2,1H3/t24?,25-/m0/s1. The summed E-state index contributed by atoms with van der Waals surface area (Å²) in [4.78, 5) is 19.3. The van der Waals surface area contributed by atoms with Gasteiger partial charge in [-0.15, -0.1) is 0 Å². The van der Waals surface area contributed by atoms with Crippen molar-refractivity contribution in [1.82, 2.24) is 15.2 Å². The summed E-state index contributed by atoms with van der Waals surface area (Å²) in [7, 11) is 1.88. The Kier molecular flexibility index (Phi) is 6.75. The van der Waals surface area contributed by atoms with Gasteiger partial charge in [-0.05, 0) is 60.7 Å². The lowest BCUT2D eigenvalue weighted by Gasteiger charge is -2.25. The molecule has 3 aromatic rings. The second-order valence-electron chi connectivity index (χ2n) is 8.09. The van der Waals surface area contributed by atoms with Crippen LogP contribution in [0.5, 0.6) is 0 Å². The molecule has 1 aliphatic rings. The van der Waals surface area contributed by atoms with Crippen molar-refractivity contribution in [2.24, 2.45) is 0 Å². The molecule has 4 rings (SSSR count). The number of pyridine rings is 1. The van der Waals surface area contributed by atoms with Crippen molar-refractivity contribution < 1.29 is 9.90 Å². The third-order valence-electron chi connectivity index (χ3n) is 6.04. The summed E-state index contributed by atoms with van der Waals surface area (Å²) in [5.74, 6) is 0.0392. The minimum atomic E-state index is -0.507. The van der Waals surface area contributed by atoms with Crippen LogP contribution in [0.1, 0.15) is 51.3 Å². The van der Waals surface area contributed by atoms with Crippen LogP contribution >= 0.6 is 0 Å². The van der Waals surface area contributed by atoms with Gasteiger partial charge in [0.15, 0.2) is 0 Å². The van der Waals surface area contributed by atoms with E-state index in [2.05, 4.69) is 16.4 Å². The number of amides is 1. The van der Waals surface area contributed by atoms with Crippen LogP contribution in [0, 0.1) is 0 Å². The van der Waals surface area contributed by atoms with E-state index in [1.807, 2.05) is 78.8 Å². The molecule has 1 amide bonds. The van der Waals surface area contributed by atoms with Gasteiger partial charge in [0.1, 0.15) is 0 Å². The highest BCUT2D eigenvalue weighted by Crippen LogP contribution is 2.34. The zero-order valence-electron chi connectivity index (χ0n) is 17.9. The van der Waals surface area contributed by atoms with Crippen LogP contribution in [0.15, 0.2) is 72.9 Å². The fourth-order valence-electron chi connectivity index (χ4n) is 4.22. The highest BCUT2D eigenvalue weighted by Gasteiger charge is 2.29.